The molecule has 1 N–H and O–H groups in total. The monoisotopic (exact) mass is 328 g/mol. The van der Waals surface area contributed by atoms with Crippen LogP contribution >= 0.6 is 23.7 Å². The third kappa shape index (κ3) is 4.03. The summed E-state index contributed by atoms with van der Waals surface area (Å²) in [7, 11) is 0. The molecule has 21 heavy (non-hydrogen) atoms. The number of amides is 1. The molecule has 3 rings (SSSR count). The highest BCUT2D eigenvalue weighted by atomic mass is 35.5. The Labute approximate surface area is 132 Å². The predicted molar refractivity (Wildman–Crippen MR) is 82.6 cm³/mol. The normalized spacial score (nSPS) is 14.8. The minimum atomic E-state index is 0. The van der Waals surface area contributed by atoms with Crippen LogP contribution < -0.4 is 5.32 Å². The quantitative estimate of drug-likeness (QED) is 0.922. The Kier molecular flexibility index (Phi) is 5.72. The topological polar surface area (TPSA) is 71.3 Å². The number of hydrogen-bond donors (Lipinski definition) is 1. The van der Waals surface area contributed by atoms with Crippen molar-refractivity contribution < 1.29 is 9.32 Å². The Morgan fingerprint density at radius 3 is 2.95 bits per heavy atom. The molecule has 0 bridgehead atoms. The lowest BCUT2D eigenvalue weighted by Crippen LogP contribution is -2.46. The van der Waals surface area contributed by atoms with Crippen LogP contribution in [0, 0.1) is 0 Å². The molecule has 114 valence electrons. The second-order valence-corrected chi connectivity index (χ2v) is 5.57. The highest BCUT2D eigenvalue weighted by molar-refractivity contribution is 7.13. The van der Waals surface area contributed by atoms with Crippen LogP contribution in [0.15, 0.2) is 22.0 Å². The number of halogens is 1. The van der Waals surface area contributed by atoms with Crippen molar-refractivity contribution in [1.29, 1.82) is 0 Å². The van der Waals surface area contributed by atoms with Crippen LogP contribution in [0.2, 0.25) is 0 Å². The number of aromatic nitrogens is 2. The highest BCUT2D eigenvalue weighted by Crippen LogP contribution is 2.21. The molecule has 1 amide bonds. The van der Waals surface area contributed by atoms with E-state index in [4.69, 9.17) is 4.52 Å². The van der Waals surface area contributed by atoms with Crippen molar-refractivity contribution in [2.24, 2.45) is 0 Å². The van der Waals surface area contributed by atoms with Crippen molar-refractivity contribution in [2.45, 2.75) is 12.8 Å². The molecule has 1 aliphatic heterocycles. The van der Waals surface area contributed by atoms with Crippen LogP contribution in [0.4, 0.5) is 0 Å². The highest BCUT2D eigenvalue weighted by Gasteiger charge is 2.17. The minimum absolute atomic E-state index is 0. The predicted octanol–water partition coefficient (Wildman–Crippen LogP) is 1.58. The van der Waals surface area contributed by atoms with Gasteiger partial charge in [0.1, 0.15) is 0 Å². The van der Waals surface area contributed by atoms with Gasteiger partial charge in [0.2, 0.25) is 17.6 Å². The molecular formula is C13H17ClN4O2S. The molecule has 1 aliphatic rings. The summed E-state index contributed by atoms with van der Waals surface area (Å²) in [6, 6.07) is 3.90. The molecule has 2 aromatic rings. The zero-order valence-electron chi connectivity index (χ0n) is 11.4. The van der Waals surface area contributed by atoms with Crippen molar-refractivity contribution in [3.05, 3.63) is 23.4 Å². The van der Waals surface area contributed by atoms with Crippen LogP contribution in [0.5, 0.6) is 0 Å². The van der Waals surface area contributed by atoms with Gasteiger partial charge >= 0.3 is 0 Å². The molecule has 0 aliphatic carbocycles. The fourth-order valence-corrected chi connectivity index (χ4v) is 2.80. The lowest BCUT2D eigenvalue weighted by molar-refractivity contribution is -0.131. The van der Waals surface area contributed by atoms with Crippen LogP contribution in [-0.2, 0) is 11.2 Å². The maximum absolute atomic E-state index is 12.0. The molecular weight excluding hydrogens is 312 g/mol. The molecule has 1 fully saturated rings. The summed E-state index contributed by atoms with van der Waals surface area (Å²) in [5.74, 6) is 1.28. The molecule has 0 radical (unpaired) electrons. The van der Waals surface area contributed by atoms with Crippen LogP contribution in [0.25, 0.3) is 10.7 Å². The van der Waals surface area contributed by atoms with E-state index in [9.17, 15) is 4.79 Å². The summed E-state index contributed by atoms with van der Waals surface area (Å²) in [4.78, 5) is 19.2. The molecule has 0 aromatic carbocycles. The largest absolute Gasteiger partial charge is 0.340 e. The van der Waals surface area contributed by atoms with Crippen molar-refractivity contribution >= 4 is 29.7 Å². The Morgan fingerprint density at radius 2 is 2.24 bits per heavy atom. The zero-order valence-corrected chi connectivity index (χ0v) is 13.1. The van der Waals surface area contributed by atoms with Crippen LogP contribution in [0.1, 0.15) is 12.3 Å². The summed E-state index contributed by atoms with van der Waals surface area (Å²) >= 11 is 1.57. The van der Waals surface area contributed by atoms with Gasteiger partial charge in [-0.3, -0.25) is 4.79 Å². The molecule has 1 saturated heterocycles. The van der Waals surface area contributed by atoms with Crippen LogP contribution in [-0.4, -0.2) is 47.1 Å². The van der Waals surface area contributed by atoms with Gasteiger partial charge in [-0.1, -0.05) is 11.2 Å². The number of rotatable bonds is 4. The SMILES string of the molecule is Cl.O=C(CCc1nc(-c2cccs2)no1)N1CCNCC1. The smallest absolute Gasteiger partial charge is 0.227 e. The number of nitrogens with zero attached hydrogens (tertiary/aromatic N) is 3. The van der Waals surface area contributed by atoms with Crippen molar-refractivity contribution in [3.63, 3.8) is 0 Å². The van der Waals surface area contributed by atoms with E-state index in [-0.39, 0.29) is 18.3 Å². The maximum Gasteiger partial charge on any atom is 0.227 e. The Balaban J connectivity index is 0.00000161. The van der Waals surface area contributed by atoms with Gasteiger partial charge in [-0.25, -0.2) is 0 Å². The average molecular weight is 329 g/mol. The molecule has 6 nitrogen and oxygen atoms in total. The van der Waals surface area contributed by atoms with Gasteiger partial charge in [-0.05, 0) is 11.4 Å². The van der Waals surface area contributed by atoms with Gasteiger partial charge in [0.25, 0.3) is 0 Å². The standard InChI is InChI=1S/C13H16N4O2S.ClH/c18-12(17-7-5-14-6-8-17)4-3-11-15-13(16-19-11)10-2-1-9-20-10;/h1-2,9,14H,3-8H2;1H. The lowest BCUT2D eigenvalue weighted by atomic mass is 10.2. The molecule has 0 spiro atoms. The Morgan fingerprint density at radius 1 is 1.43 bits per heavy atom. The van der Waals surface area contributed by atoms with Crippen molar-refractivity contribution in [1.82, 2.24) is 20.4 Å². The maximum atomic E-state index is 12.0. The second-order valence-electron chi connectivity index (χ2n) is 4.62. The first-order valence-corrected chi connectivity index (χ1v) is 7.56. The first kappa shape index (κ1) is 15.9. The van der Waals surface area contributed by atoms with Crippen molar-refractivity contribution in [3.8, 4) is 10.7 Å². The van der Waals surface area contributed by atoms with Gasteiger partial charge in [-0.15, -0.1) is 23.7 Å². The first-order chi connectivity index (χ1) is 9.83. The van der Waals surface area contributed by atoms with E-state index in [0.29, 0.717) is 24.6 Å². The third-order valence-corrected chi connectivity index (χ3v) is 4.10. The van der Waals surface area contributed by atoms with Crippen LogP contribution in [0.3, 0.4) is 0 Å². The van der Waals surface area contributed by atoms with Crippen molar-refractivity contribution in [2.75, 3.05) is 26.2 Å². The fourth-order valence-electron chi connectivity index (χ4n) is 2.15. The lowest BCUT2D eigenvalue weighted by Gasteiger charge is -2.27. The molecule has 2 aromatic heterocycles. The Hall–Kier alpha value is -1.44. The van der Waals surface area contributed by atoms with E-state index in [2.05, 4.69) is 15.5 Å². The van der Waals surface area contributed by atoms with Gasteiger partial charge in [0, 0.05) is 39.0 Å². The second kappa shape index (κ2) is 7.53. The number of hydrogen-bond acceptors (Lipinski definition) is 6. The molecule has 3 heterocycles. The summed E-state index contributed by atoms with van der Waals surface area (Å²) < 4.78 is 5.19. The fraction of sp³-hybridized carbons (Fsp3) is 0.462. The molecule has 0 saturated carbocycles. The zero-order chi connectivity index (χ0) is 13.8. The number of carbonyl (C=O) groups excluding carboxylic acids is 1. The van der Waals surface area contributed by atoms with Gasteiger partial charge in [0.05, 0.1) is 4.88 Å². The first-order valence-electron chi connectivity index (χ1n) is 6.68. The molecule has 8 heteroatoms. The summed E-state index contributed by atoms with van der Waals surface area (Å²) in [5, 5.41) is 9.14. The van der Waals surface area contributed by atoms with E-state index < -0.39 is 0 Å². The van der Waals surface area contributed by atoms with Gasteiger partial charge < -0.3 is 14.7 Å². The number of nitrogens with one attached hydrogen (secondary N) is 1. The van der Waals surface area contributed by atoms with E-state index in [1.54, 1.807) is 11.3 Å². The number of aryl methyl sites for hydroxylation is 1. The summed E-state index contributed by atoms with van der Waals surface area (Å²) in [6.07, 6.45) is 0.924. The van der Waals surface area contributed by atoms with E-state index >= 15 is 0 Å². The Bertz CT molecular complexity index is 566. The summed E-state index contributed by atoms with van der Waals surface area (Å²) in [5.41, 5.74) is 0. The van der Waals surface area contributed by atoms with Gasteiger partial charge in [-0.2, -0.15) is 4.98 Å². The average Bonchev–Trinajstić information content (AvgIpc) is 3.16. The molecule has 0 atom stereocenters. The van der Waals surface area contributed by atoms with E-state index in [1.165, 1.54) is 0 Å². The summed E-state index contributed by atoms with van der Waals surface area (Å²) in [6.45, 7) is 3.30. The van der Waals surface area contributed by atoms with E-state index in [0.717, 1.165) is 31.1 Å². The van der Waals surface area contributed by atoms with E-state index in [1.807, 2.05) is 22.4 Å². The molecule has 0 unspecified atom stereocenters. The minimum Gasteiger partial charge on any atom is -0.340 e. The van der Waals surface area contributed by atoms with Gasteiger partial charge in [0.15, 0.2) is 0 Å². The number of carbonyl (C=O) groups is 1. The third-order valence-electron chi connectivity index (χ3n) is 3.23. The number of piperazine rings is 1. The number of thiophene rings is 1.